The van der Waals surface area contributed by atoms with Crippen molar-refractivity contribution in [1.29, 1.82) is 0 Å². The lowest BCUT2D eigenvalue weighted by molar-refractivity contribution is -0.387. The van der Waals surface area contributed by atoms with Crippen LogP contribution in [0.3, 0.4) is 0 Å². The molecule has 13 rings (SSSR count). The predicted octanol–water partition coefficient (Wildman–Crippen LogP) is 15.5. The van der Waals surface area contributed by atoms with E-state index >= 15 is 0 Å². The Balaban J connectivity index is 0.000000160. The Morgan fingerprint density at radius 1 is 0.552 bits per heavy atom. The van der Waals surface area contributed by atoms with Gasteiger partial charge in [0.05, 0.1) is 69.4 Å². The van der Waals surface area contributed by atoms with E-state index in [1.807, 2.05) is 24.4 Å². The Kier molecular flexibility index (Phi) is 26.1. The highest BCUT2D eigenvalue weighted by Crippen LogP contribution is 2.39. The van der Waals surface area contributed by atoms with Crippen molar-refractivity contribution in [2.75, 3.05) is 30.7 Å². The molecule has 1 saturated heterocycles. The molecule has 24 nitrogen and oxygen atoms in total. The minimum Gasteiger partial charge on any atom is -0.399 e. The van der Waals surface area contributed by atoms with Gasteiger partial charge in [-0.05, 0) is 163 Å². The Hall–Kier alpha value is -10.3. The number of hydrogen-bond donors (Lipinski definition) is 4. The van der Waals surface area contributed by atoms with Gasteiger partial charge < -0.3 is 20.4 Å². The van der Waals surface area contributed by atoms with Crippen LogP contribution in [0, 0.1) is 59.4 Å². The summed E-state index contributed by atoms with van der Waals surface area (Å²) in [4.78, 5) is 55.6. The second-order valence-electron chi connectivity index (χ2n) is 20.7. The van der Waals surface area contributed by atoms with E-state index in [4.69, 9.17) is 49.8 Å². The van der Waals surface area contributed by atoms with Gasteiger partial charge in [0.25, 0.3) is 0 Å². The fraction of sp³-hybridized carbons (Fsp3) is 0.145. The highest BCUT2D eigenvalue weighted by molar-refractivity contribution is 9.10. The standard InChI is InChI=1S/C13H9ClFN5.C10H16BNO2.C10H7FN2O2.C10H9FN2.C9H6FN3O2.C6H3BrFNO2.C4H2Cl2N2/c14-13-16-4-3-12(20-13)19-11-2-1-8(5-10(11)15)9-6-17-18-7-9;1-9(2)10(3,4)14-11(13-9)8-5-6-12-7-8;11-9-5-7(8-3-4-12-6-8)1-2-10(9)13(14)15;11-9-5-7(1-2-10(9)12)8-3-4-13-6-8;10-8-3-6(7-4-11-12-5-7)1-2-9(8)13(14)15;7-4-1-2-6(9(10)11)5(8)3-4;5-3-1-2-7-4(6)8-3/h1-7H,(H,17,18)(H,16,19,20);5,7H,6H2,1-4H3;1-3,5-6H,4H2;1-3,5-6H,4,12H2;1-5H,(H,11,12);1-3H;1-2H. The minimum absolute atomic E-state index is 0.102. The van der Waals surface area contributed by atoms with E-state index < -0.39 is 55.1 Å². The molecule has 0 saturated carbocycles. The smallest absolute Gasteiger partial charge is 0.399 e. The molecule has 0 amide bonds. The maximum atomic E-state index is 14.1. The summed E-state index contributed by atoms with van der Waals surface area (Å²) in [6, 6.07) is 24.0. The molecular weight excluding hydrogens is 1390 g/mol. The van der Waals surface area contributed by atoms with Crippen LogP contribution in [0.15, 0.2) is 183 Å². The van der Waals surface area contributed by atoms with E-state index in [0.717, 1.165) is 76.3 Å². The Bertz CT molecular complexity index is 4410. The zero-order chi connectivity index (χ0) is 69.7. The molecule has 5 aromatic carbocycles. The van der Waals surface area contributed by atoms with Gasteiger partial charge in [0.2, 0.25) is 28.0 Å². The van der Waals surface area contributed by atoms with E-state index in [-0.39, 0.29) is 40.4 Å². The number of nitrogen functional groups attached to an aromatic ring is 1. The molecule has 34 heteroatoms. The van der Waals surface area contributed by atoms with Gasteiger partial charge in [0.15, 0.2) is 0 Å². The third-order valence-electron chi connectivity index (χ3n) is 13.7. The number of aromatic amines is 2. The fourth-order valence-corrected chi connectivity index (χ4v) is 8.88. The van der Waals surface area contributed by atoms with Crippen molar-refractivity contribution in [3.05, 3.63) is 255 Å². The second kappa shape index (κ2) is 34.2. The molecular formula is C62H52BBrCl3F5N16O8. The lowest BCUT2D eigenvalue weighted by Gasteiger charge is -2.32. The summed E-state index contributed by atoms with van der Waals surface area (Å²) in [5.74, 6) is -2.83. The number of H-pyrrole nitrogens is 2. The predicted molar refractivity (Wildman–Crippen MR) is 362 cm³/mol. The lowest BCUT2D eigenvalue weighted by Crippen LogP contribution is -2.41. The molecule has 96 heavy (non-hydrogen) atoms. The third-order valence-corrected chi connectivity index (χ3v) is 14.7. The molecule has 0 bridgehead atoms. The van der Waals surface area contributed by atoms with Gasteiger partial charge in [-0.3, -0.25) is 55.5 Å². The second-order valence-corrected chi connectivity index (χ2v) is 22.7. The quantitative estimate of drug-likeness (QED) is 0.0188. The SMILES string of the molecule is CC1(C)OB(C2=CCN=C2)OC1(C)C.Clc1ccnc(Cl)n1.Fc1cc(-c2cn[nH]c2)ccc1Nc1ccnc(Cl)n1.Nc1ccc(C2=CCN=C2)cc1F.O=[N+]([O-])c1ccc(-c2cn[nH]c2)cc1F.O=[N+]([O-])c1ccc(Br)cc1F.O=[N+]([O-])c1ccc(C2=CCN=C2)cc1F. The number of nitrogens with one attached hydrogen (secondary N) is 3. The zero-order valence-corrected chi connectivity index (χ0v) is 54.4. The largest absolute Gasteiger partial charge is 0.496 e. The van der Waals surface area contributed by atoms with Crippen LogP contribution in [0.5, 0.6) is 0 Å². The van der Waals surface area contributed by atoms with Crippen LogP contribution in [-0.2, 0) is 9.31 Å². The molecule has 9 aromatic rings. The summed E-state index contributed by atoms with van der Waals surface area (Å²) in [5, 5.41) is 47.1. The average molecular weight is 1440 g/mol. The Labute approximate surface area is 566 Å². The number of rotatable bonds is 10. The zero-order valence-electron chi connectivity index (χ0n) is 50.6. The fourth-order valence-electron chi connectivity index (χ4n) is 8.08. The number of anilines is 3. The van der Waals surface area contributed by atoms with Crippen LogP contribution in [0.25, 0.3) is 33.4 Å². The highest BCUT2D eigenvalue weighted by atomic mass is 79.9. The first kappa shape index (κ1) is 73.1. The van der Waals surface area contributed by atoms with E-state index in [0.29, 0.717) is 50.9 Å². The number of aliphatic imine (C=N–C) groups is 3. The summed E-state index contributed by atoms with van der Waals surface area (Å²) in [7, 11) is -0.244. The highest BCUT2D eigenvalue weighted by Gasteiger charge is 2.52. The number of benzene rings is 5. The van der Waals surface area contributed by atoms with Crippen molar-refractivity contribution in [1.82, 2.24) is 40.3 Å². The van der Waals surface area contributed by atoms with Crippen LogP contribution in [0.2, 0.25) is 15.7 Å². The lowest BCUT2D eigenvalue weighted by atomic mass is 9.79. The molecule has 4 aromatic heterocycles. The first-order chi connectivity index (χ1) is 45.7. The topological polar surface area (TPSA) is 332 Å². The average Bonchev–Trinajstić information content (AvgIpc) is 1.62. The van der Waals surface area contributed by atoms with Gasteiger partial charge in [0.1, 0.15) is 22.6 Å². The number of nitrogens with zero attached hydrogens (tertiary/aromatic N) is 12. The first-order valence-corrected chi connectivity index (χ1v) is 29.8. The number of hydrogen-bond acceptors (Lipinski definition) is 19. The molecule has 0 spiro atoms. The van der Waals surface area contributed by atoms with Crippen LogP contribution in [-0.4, -0.2) is 112 Å². The van der Waals surface area contributed by atoms with Crippen molar-refractivity contribution in [2.45, 2.75) is 38.9 Å². The van der Waals surface area contributed by atoms with Crippen molar-refractivity contribution >= 4 is 122 Å². The molecule has 4 aliphatic rings. The summed E-state index contributed by atoms with van der Waals surface area (Å²) < 4.78 is 78.4. The van der Waals surface area contributed by atoms with Crippen molar-refractivity contribution in [2.24, 2.45) is 15.0 Å². The normalized spacial score (nSPS) is 14.0. The first-order valence-electron chi connectivity index (χ1n) is 27.8. The molecule has 1 fully saturated rings. The van der Waals surface area contributed by atoms with Gasteiger partial charge >= 0.3 is 24.2 Å². The van der Waals surface area contributed by atoms with Crippen LogP contribution < -0.4 is 11.1 Å². The van der Waals surface area contributed by atoms with Crippen LogP contribution in [0.1, 0.15) is 38.8 Å². The maximum absolute atomic E-state index is 14.1. The number of nitro benzene ring substituents is 3. The molecule has 0 unspecified atom stereocenters. The number of nitro groups is 3. The van der Waals surface area contributed by atoms with E-state index in [2.05, 4.69) is 104 Å². The van der Waals surface area contributed by atoms with Crippen molar-refractivity contribution < 1.29 is 46.0 Å². The molecule has 5 N–H and O–H groups in total. The number of allylic oxidation sites excluding steroid dienone is 3. The summed E-state index contributed by atoms with van der Waals surface area (Å²) in [6.07, 6.45) is 20.5. The molecule has 494 valence electrons. The third kappa shape index (κ3) is 21.1. The van der Waals surface area contributed by atoms with Crippen LogP contribution >= 0.6 is 50.7 Å². The van der Waals surface area contributed by atoms with Crippen molar-refractivity contribution in [3.8, 4) is 22.3 Å². The Morgan fingerprint density at radius 2 is 1.00 bits per heavy atom. The minimum atomic E-state index is -0.848. The van der Waals surface area contributed by atoms with Gasteiger partial charge in [-0.1, -0.05) is 57.9 Å². The van der Waals surface area contributed by atoms with Gasteiger partial charge in [-0.2, -0.15) is 23.4 Å². The van der Waals surface area contributed by atoms with E-state index in [9.17, 15) is 52.3 Å². The summed E-state index contributed by atoms with van der Waals surface area (Å²) in [6.45, 7) is 10.2. The van der Waals surface area contributed by atoms with Crippen LogP contribution in [0.4, 0.5) is 56.2 Å². The number of aromatic nitrogens is 8. The maximum Gasteiger partial charge on any atom is 0.496 e. The summed E-state index contributed by atoms with van der Waals surface area (Å²) >= 11 is 19.4. The van der Waals surface area contributed by atoms with E-state index in [1.165, 1.54) is 48.9 Å². The molecule has 4 aliphatic heterocycles. The number of halogens is 9. The molecule has 0 atom stereocenters. The number of nitrogens with two attached hydrogens (primary N) is 1. The molecule has 8 heterocycles. The Morgan fingerprint density at radius 3 is 1.42 bits per heavy atom. The molecule has 0 radical (unpaired) electrons. The monoisotopic (exact) mass is 1440 g/mol. The van der Waals surface area contributed by atoms with Crippen molar-refractivity contribution in [3.63, 3.8) is 0 Å². The van der Waals surface area contributed by atoms with E-state index in [1.54, 1.807) is 67.4 Å². The summed E-state index contributed by atoms with van der Waals surface area (Å²) in [5.41, 5.74) is 10.8. The van der Waals surface area contributed by atoms with Gasteiger partial charge in [-0.15, -0.1) is 0 Å². The van der Waals surface area contributed by atoms with Gasteiger partial charge in [-0.25, -0.2) is 28.7 Å². The van der Waals surface area contributed by atoms with Gasteiger partial charge in [0, 0.05) is 77.2 Å². The molecule has 0 aliphatic carbocycles.